The molecule has 0 amide bonds. The van der Waals surface area contributed by atoms with Crippen molar-refractivity contribution >= 4 is 34.9 Å². The number of aromatic nitrogens is 2. The largest absolute Gasteiger partial charge is 0.213 e. The number of aryl methyl sites for hydroxylation is 1. The summed E-state index contributed by atoms with van der Waals surface area (Å²) in [6, 6.07) is 0. The molecule has 1 unspecified atom stereocenters. The fourth-order valence-electron chi connectivity index (χ4n) is 0.814. The van der Waals surface area contributed by atoms with Gasteiger partial charge in [-0.3, -0.25) is 0 Å². The van der Waals surface area contributed by atoms with Crippen LogP contribution in [-0.2, 0) is 6.42 Å². The molecule has 0 aromatic carbocycles. The Morgan fingerprint density at radius 1 is 1.62 bits per heavy atom. The fraction of sp³-hybridized carbons (Fsp3) is 0.750. The van der Waals surface area contributed by atoms with Crippen molar-refractivity contribution in [1.82, 2.24) is 9.36 Å². The Morgan fingerprint density at radius 3 is 2.92 bits per heavy atom. The highest BCUT2D eigenvalue weighted by atomic mass is 35.5. The summed E-state index contributed by atoms with van der Waals surface area (Å²) in [6.07, 6.45) is 1.94. The average molecular weight is 237 g/mol. The van der Waals surface area contributed by atoms with Crippen LogP contribution in [0.25, 0.3) is 0 Å². The first-order valence-electron chi connectivity index (χ1n) is 4.31. The van der Waals surface area contributed by atoms with Gasteiger partial charge in [0.1, 0.15) is 5.82 Å². The average Bonchev–Trinajstić information content (AvgIpc) is 2.52. The van der Waals surface area contributed by atoms with Gasteiger partial charge in [0.15, 0.2) is 4.34 Å². The second-order valence-corrected chi connectivity index (χ2v) is 5.55. The Balaban J connectivity index is 2.44. The highest BCUT2D eigenvalue weighted by Gasteiger charge is 2.08. The zero-order valence-electron chi connectivity index (χ0n) is 7.79. The fourth-order valence-corrected chi connectivity index (χ4v) is 3.29. The summed E-state index contributed by atoms with van der Waals surface area (Å²) in [5.41, 5.74) is 0. The molecule has 0 radical (unpaired) electrons. The summed E-state index contributed by atoms with van der Waals surface area (Å²) in [5.74, 6) is 1.67. The van der Waals surface area contributed by atoms with Gasteiger partial charge in [-0.25, -0.2) is 4.98 Å². The van der Waals surface area contributed by atoms with Crippen molar-refractivity contribution in [3.63, 3.8) is 0 Å². The van der Waals surface area contributed by atoms with Gasteiger partial charge in [-0.05, 0) is 18.0 Å². The molecule has 0 aliphatic heterocycles. The van der Waals surface area contributed by atoms with Crippen LogP contribution in [0.5, 0.6) is 0 Å². The lowest BCUT2D eigenvalue weighted by Crippen LogP contribution is -1.95. The first-order valence-corrected chi connectivity index (χ1v) is 6.50. The summed E-state index contributed by atoms with van der Waals surface area (Å²) < 4.78 is 5.29. The molecule has 0 bridgehead atoms. The molecule has 0 aliphatic carbocycles. The van der Waals surface area contributed by atoms with Gasteiger partial charge in [-0.2, -0.15) is 4.37 Å². The van der Waals surface area contributed by atoms with Crippen molar-refractivity contribution in [3.8, 4) is 0 Å². The molecular weight excluding hydrogens is 224 g/mol. The van der Waals surface area contributed by atoms with E-state index in [0.717, 1.165) is 23.0 Å². The highest BCUT2D eigenvalue weighted by Crippen LogP contribution is 2.26. The molecule has 0 aliphatic rings. The third-order valence-corrected chi connectivity index (χ3v) is 3.79. The molecule has 0 saturated heterocycles. The predicted octanol–water partition coefficient (Wildman–Crippen LogP) is 3.21. The number of nitrogens with zero attached hydrogens (tertiary/aromatic N) is 2. The minimum atomic E-state index is 0.537. The van der Waals surface area contributed by atoms with Crippen LogP contribution in [0.4, 0.5) is 0 Å². The van der Waals surface area contributed by atoms with Crippen LogP contribution < -0.4 is 0 Å². The van der Waals surface area contributed by atoms with Crippen molar-refractivity contribution < 1.29 is 0 Å². The summed E-state index contributed by atoms with van der Waals surface area (Å²) in [4.78, 5) is 4.38. The van der Waals surface area contributed by atoms with E-state index >= 15 is 0 Å². The summed E-state index contributed by atoms with van der Waals surface area (Å²) in [6.45, 7) is 4.23. The molecule has 0 spiro atoms. The number of hydrogen-bond donors (Lipinski definition) is 0. The number of hydrogen-bond acceptors (Lipinski definition) is 4. The molecule has 1 rings (SSSR count). The second-order valence-electron chi connectivity index (χ2n) is 2.74. The Morgan fingerprint density at radius 2 is 2.38 bits per heavy atom. The zero-order chi connectivity index (χ0) is 9.68. The van der Waals surface area contributed by atoms with Crippen molar-refractivity contribution in [3.05, 3.63) is 5.82 Å². The van der Waals surface area contributed by atoms with E-state index in [1.54, 1.807) is 11.8 Å². The molecule has 1 aromatic rings. The van der Waals surface area contributed by atoms with E-state index in [1.807, 2.05) is 0 Å². The van der Waals surface area contributed by atoms with E-state index in [0.29, 0.717) is 11.1 Å². The maximum atomic E-state index is 5.65. The van der Waals surface area contributed by atoms with Gasteiger partial charge in [-0.1, -0.05) is 25.6 Å². The quantitative estimate of drug-likeness (QED) is 0.580. The van der Waals surface area contributed by atoms with Gasteiger partial charge < -0.3 is 0 Å². The number of rotatable bonds is 5. The van der Waals surface area contributed by atoms with Crippen molar-refractivity contribution in [2.45, 2.75) is 36.3 Å². The Bertz CT molecular complexity index is 252. The van der Waals surface area contributed by atoms with Crippen LogP contribution in [0.1, 0.15) is 26.1 Å². The lowest BCUT2D eigenvalue weighted by atomic mass is 10.4. The topological polar surface area (TPSA) is 25.8 Å². The normalized spacial score (nSPS) is 13.2. The second kappa shape index (κ2) is 5.83. The smallest absolute Gasteiger partial charge is 0.170 e. The highest BCUT2D eigenvalue weighted by molar-refractivity contribution is 8.01. The Kier molecular flexibility index (Phi) is 5.06. The van der Waals surface area contributed by atoms with Gasteiger partial charge in [-0.15, -0.1) is 11.6 Å². The summed E-state index contributed by atoms with van der Waals surface area (Å²) in [5, 5.41) is 0.537. The number of thioether (sulfide) groups is 1. The summed E-state index contributed by atoms with van der Waals surface area (Å²) >= 11 is 8.90. The van der Waals surface area contributed by atoms with E-state index < -0.39 is 0 Å². The van der Waals surface area contributed by atoms with E-state index in [-0.39, 0.29) is 0 Å². The molecular formula is C8H13ClN2S2. The first kappa shape index (κ1) is 11.3. The maximum absolute atomic E-state index is 5.65. The van der Waals surface area contributed by atoms with Crippen molar-refractivity contribution in [1.29, 1.82) is 0 Å². The van der Waals surface area contributed by atoms with E-state index in [4.69, 9.17) is 11.6 Å². The van der Waals surface area contributed by atoms with Crippen LogP contribution in [0.2, 0.25) is 0 Å². The van der Waals surface area contributed by atoms with Gasteiger partial charge in [0.2, 0.25) is 0 Å². The van der Waals surface area contributed by atoms with Crippen molar-refractivity contribution in [2.24, 2.45) is 0 Å². The van der Waals surface area contributed by atoms with Gasteiger partial charge in [0.25, 0.3) is 0 Å². The minimum absolute atomic E-state index is 0.537. The van der Waals surface area contributed by atoms with Crippen LogP contribution in [0, 0.1) is 0 Å². The molecule has 5 heteroatoms. The molecule has 0 saturated carbocycles. The molecule has 2 nitrogen and oxygen atoms in total. The maximum Gasteiger partial charge on any atom is 0.170 e. The number of alkyl halides is 1. The van der Waals surface area contributed by atoms with Crippen LogP contribution in [0.3, 0.4) is 0 Å². The van der Waals surface area contributed by atoms with Crippen LogP contribution in [-0.4, -0.2) is 20.5 Å². The van der Waals surface area contributed by atoms with E-state index in [9.17, 15) is 0 Å². The first-order chi connectivity index (χ1) is 6.26. The summed E-state index contributed by atoms with van der Waals surface area (Å²) in [7, 11) is 0. The molecule has 1 heterocycles. The Hall–Kier alpha value is 0.200. The molecule has 13 heavy (non-hydrogen) atoms. The molecule has 0 N–H and O–H groups in total. The molecule has 1 atom stereocenters. The molecule has 74 valence electrons. The van der Waals surface area contributed by atoms with E-state index in [2.05, 4.69) is 23.2 Å². The predicted molar refractivity (Wildman–Crippen MR) is 59.9 cm³/mol. The minimum Gasteiger partial charge on any atom is -0.213 e. The van der Waals surface area contributed by atoms with Crippen LogP contribution >= 0.6 is 34.9 Å². The van der Waals surface area contributed by atoms with E-state index in [1.165, 1.54) is 11.5 Å². The monoisotopic (exact) mass is 236 g/mol. The zero-order valence-corrected chi connectivity index (χ0v) is 10.2. The van der Waals surface area contributed by atoms with Crippen molar-refractivity contribution in [2.75, 3.05) is 5.88 Å². The van der Waals surface area contributed by atoms with Gasteiger partial charge in [0.05, 0.1) is 0 Å². The lowest BCUT2D eigenvalue weighted by Gasteiger charge is -2.04. The third kappa shape index (κ3) is 3.83. The molecule has 1 aromatic heterocycles. The SMILES string of the molecule is CCc1nsc(SC(C)CCCl)n1. The standard InChI is InChI=1S/C8H13ClN2S2/c1-3-7-10-8(13-11-7)12-6(2)4-5-9/h6H,3-5H2,1-2H3. The lowest BCUT2D eigenvalue weighted by molar-refractivity contribution is 0.907. The molecule has 0 fully saturated rings. The Labute approximate surface area is 92.3 Å². The van der Waals surface area contributed by atoms with Gasteiger partial charge in [0, 0.05) is 17.6 Å². The number of halogens is 1. The van der Waals surface area contributed by atoms with Gasteiger partial charge >= 0.3 is 0 Å². The third-order valence-electron chi connectivity index (χ3n) is 1.58. The van der Waals surface area contributed by atoms with Crippen LogP contribution in [0.15, 0.2) is 4.34 Å².